The van der Waals surface area contributed by atoms with Crippen molar-refractivity contribution in [3.8, 4) is 0 Å². The number of hydrogen-bond donors (Lipinski definition) is 2. The molecule has 0 saturated heterocycles. The molecule has 0 aliphatic rings. The van der Waals surface area contributed by atoms with Crippen LogP contribution >= 0.6 is 0 Å². The standard InChI is InChI=1S/C16H25N3O2/c1-4-19(11-15(20)18-12(2)3)16(21)10-14(17)13-8-6-5-7-9-13/h5-9,12,14H,4,10-11,17H2,1-3H3,(H,18,20). The Morgan fingerprint density at radius 3 is 2.38 bits per heavy atom. The summed E-state index contributed by atoms with van der Waals surface area (Å²) in [6.45, 7) is 6.21. The van der Waals surface area contributed by atoms with Gasteiger partial charge in [-0.2, -0.15) is 0 Å². The van der Waals surface area contributed by atoms with Crippen molar-refractivity contribution in [1.29, 1.82) is 0 Å². The fourth-order valence-electron chi connectivity index (χ4n) is 2.05. The van der Waals surface area contributed by atoms with Gasteiger partial charge in [0.2, 0.25) is 11.8 Å². The molecule has 0 aliphatic heterocycles. The lowest BCUT2D eigenvalue weighted by molar-refractivity contribution is -0.136. The molecule has 0 saturated carbocycles. The monoisotopic (exact) mass is 291 g/mol. The maximum atomic E-state index is 12.2. The van der Waals surface area contributed by atoms with Gasteiger partial charge in [-0.1, -0.05) is 30.3 Å². The molecule has 0 radical (unpaired) electrons. The largest absolute Gasteiger partial charge is 0.352 e. The van der Waals surface area contributed by atoms with Crippen LogP contribution < -0.4 is 11.1 Å². The third-order valence-electron chi connectivity index (χ3n) is 3.14. The number of nitrogens with one attached hydrogen (secondary N) is 1. The molecule has 0 fully saturated rings. The Labute approximate surface area is 126 Å². The summed E-state index contributed by atoms with van der Waals surface area (Å²) in [5.74, 6) is -0.249. The van der Waals surface area contributed by atoms with Crippen molar-refractivity contribution in [1.82, 2.24) is 10.2 Å². The van der Waals surface area contributed by atoms with Crippen LogP contribution in [-0.4, -0.2) is 35.8 Å². The number of hydrogen-bond acceptors (Lipinski definition) is 3. The first-order valence-corrected chi connectivity index (χ1v) is 7.31. The van der Waals surface area contributed by atoms with Crippen LogP contribution in [0.4, 0.5) is 0 Å². The van der Waals surface area contributed by atoms with Crippen LogP contribution in [0.5, 0.6) is 0 Å². The summed E-state index contributed by atoms with van der Waals surface area (Å²) >= 11 is 0. The van der Waals surface area contributed by atoms with Gasteiger partial charge in [-0.15, -0.1) is 0 Å². The highest BCUT2D eigenvalue weighted by molar-refractivity contribution is 5.85. The summed E-state index contributed by atoms with van der Waals surface area (Å²) in [6.07, 6.45) is 0.201. The molecule has 1 aromatic rings. The fourth-order valence-corrected chi connectivity index (χ4v) is 2.05. The van der Waals surface area contributed by atoms with Crippen molar-refractivity contribution < 1.29 is 9.59 Å². The SMILES string of the molecule is CCN(CC(=O)NC(C)C)C(=O)CC(N)c1ccccc1. The summed E-state index contributed by atoms with van der Waals surface area (Å²) < 4.78 is 0. The molecule has 0 aliphatic carbocycles. The van der Waals surface area contributed by atoms with E-state index >= 15 is 0 Å². The lowest BCUT2D eigenvalue weighted by Crippen LogP contribution is -2.43. The van der Waals surface area contributed by atoms with Gasteiger partial charge in [-0.3, -0.25) is 9.59 Å². The first kappa shape index (κ1) is 17.2. The van der Waals surface area contributed by atoms with Crippen LogP contribution in [0.3, 0.4) is 0 Å². The fraction of sp³-hybridized carbons (Fsp3) is 0.500. The Bertz CT molecular complexity index is 460. The molecule has 0 bridgehead atoms. The highest BCUT2D eigenvalue weighted by Crippen LogP contribution is 2.14. The van der Waals surface area contributed by atoms with Crippen LogP contribution in [0.25, 0.3) is 0 Å². The predicted molar refractivity (Wildman–Crippen MR) is 83.5 cm³/mol. The van der Waals surface area contributed by atoms with E-state index in [0.717, 1.165) is 5.56 Å². The third kappa shape index (κ3) is 5.95. The lowest BCUT2D eigenvalue weighted by Gasteiger charge is -2.23. The van der Waals surface area contributed by atoms with Crippen molar-refractivity contribution in [3.05, 3.63) is 35.9 Å². The maximum Gasteiger partial charge on any atom is 0.239 e. The Hall–Kier alpha value is -1.88. The molecule has 5 heteroatoms. The molecule has 3 N–H and O–H groups in total. The molecule has 2 amide bonds. The van der Waals surface area contributed by atoms with Crippen molar-refractivity contribution in [3.63, 3.8) is 0 Å². The van der Waals surface area contributed by atoms with Gasteiger partial charge in [0.05, 0.1) is 6.54 Å². The van der Waals surface area contributed by atoms with Gasteiger partial charge < -0.3 is 16.0 Å². The van der Waals surface area contributed by atoms with Crippen molar-refractivity contribution in [2.75, 3.05) is 13.1 Å². The van der Waals surface area contributed by atoms with Gasteiger partial charge in [0.1, 0.15) is 0 Å². The number of nitrogens with zero attached hydrogens (tertiary/aromatic N) is 1. The zero-order chi connectivity index (χ0) is 15.8. The Balaban J connectivity index is 2.57. The van der Waals surface area contributed by atoms with E-state index in [1.165, 1.54) is 4.90 Å². The molecule has 1 atom stereocenters. The quantitative estimate of drug-likeness (QED) is 0.798. The van der Waals surface area contributed by atoms with E-state index in [-0.39, 0.29) is 36.9 Å². The van der Waals surface area contributed by atoms with E-state index in [2.05, 4.69) is 5.32 Å². The van der Waals surface area contributed by atoms with Gasteiger partial charge >= 0.3 is 0 Å². The number of amides is 2. The maximum absolute atomic E-state index is 12.2. The van der Waals surface area contributed by atoms with E-state index in [1.807, 2.05) is 51.1 Å². The topological polar surface area (TPSA) is 75.4 Å². The van der Waals surface area contributed by atoms with Crippen molar-refractivity contribution >= 4 is 11.8 Å². The number of nitrogens with two attached hydrogens (primary N) is 1. The number of carbonyl (C=O) groups is 2. The highest BCUT2D eigenvalue weighted by Gasteiger charge is 2.19. The molecular formula is C16H25N3O2. The summed E-state index contributed by atoms with van der Waals surface area (Å²) in [5, 5.41) is 2.78. The van der Waals surface area contributed by atoms with Crippen molar-refractivity contribution in [2.45, 2.75) is 39.3 Å². The number of carbonyl (C=O) groups excluding carboxylic acids is 2. The molecule has 0 spiro atoms. The summed E-state index contributed by atoms with van der Waals surface area (Å²) in [7, 11) is 0. The van der Waals surface area contributed by atoms with Gasteiger partial charge in [0, 0.05) is 25.0 Å². The molecule has 21 heavy (non-hydrogen) atoms. The van der Waals surface area contributed by atoms with E-state index in [1.54, 1.807) is 0 Å². The Morgan fingerprint density at radius 1 is 1.24 bits per heavy atom. The summed E-state index contributed by atoms with van der Waals surface area (Å²) in [5.41, 5.74) is 6.98. The number of likely N-dealkylation sites (N-methyl/N-ethyl adjacent to an activating group) is 1. The third-order valence-corrected chi connectivity index (χ3v) is 3.14. The van der Waals surface area contributed by atoms with E-state index in [4.69, 9.17) is 5.73 Å². The van der Waals surface area contributed by atoms with E-state index in [9.17, 15) is 9.59 Å². The minimum atomic E-state index is -0.346. The summed E-state index contributed by atoms with van der Waals surface area (Å²) in [4.78, 5) is 25.5. The van der Waals surface area contributed by atoms with Gasteiger partial charge in [0.25, 0.3) is 0 Å². The zero-order valence-electron chi connectivity index (χ0n) is 13.0. The minimum Gasteiger partial charge on any atom is -0.352 e. The predicted octanol–water partition coefficient (Wildman–Crippen LogP) is 1.45. The van der Waals surface area contributed by atoms with Gasteiger partial charge in [-0.05, 0) is 26.3 Å². The second-order valence-corrected chi connectivity index (χ2v) is 5.35. The number of rotatable bonds is 7. The van der Waals surface area contributed by atoms with Gasteiger partial charge in [-0.25, -0.2) is 0 Å². The second-order valence-electron chi connectivity index (χ2n) is 5.35. The van der Waals surface area contributed by atoms with Crippen LogP contribution in [0.2, 0.25) is 0 Å². The normalized spacial score (nSPS) is 12.0. The summed E-state index contributed by atoms with van der Waals surface area (Å²) in [6, 6.07) is 9.23. The molecule has 1 rings (SSSR count). The van der Waals surface area contributed by atoms with Crippen LogP contribution in [0.15, 0.2) is 30.3 Å². The van der Waals surface area contributed by atoms with E-state index < -0.39 is 0 Å². The zero-order valence-corrected chi connectivity index (χ0v) is 13.0. The first-order chi connectivity index (χ1) is 9.93. The Kier molecular flexibility index (Phi) is 6.88. The van der Waals surface area contributed by atoms with E-state index in [0.29, 0.717) is 6.54 Å². The molecule has 1 unspecified atom stereocenters. The first-order valence-electron chi connectivity index (χ1n) is 7.31. The average Bonchev–Trinajstić information content (AvgIpc) is 2.44. The second kappa shape index (κ2) is 8.42. The molecule has 5 nitrogen and oxygen atoms in total. The molecule has 116 valence electrons. The number of benzene rings is 1. The van der Waals surface area contributed by atoms with Crippen LogP contribution in [0.1, 0.15) is 38.8 Å². The highest BCUT2D eigenvalue weighted by atomic mass is 16.2. The molecule has 1 aromatic carbocycles. The minimum absolute atomic E-state index is 0.0675. The molecule has 0 aromatic heterocycles. The van der Waals surface area contributed by atoms with Crippen LogP contribution in [0, 0.1) is 0 Å². The van der Waals surface area contributed by atoms with Gasteiger partial charge in [0.15, 0.2) is 0 Å². The smallest absolute Gasteiger partial charge is 0.239 e. The lowest BCUT2D eigenvalue weighted by atomic mass is 10.0. The molecule has 0 heterocycles. The van der Waals surface area contributed by atoms with Crippen molar-refractivity contribution in [2.24, 2.45) is 5.73 Å². The van der Waals surface area contributed by atoms with Crippen LogP contribution in [-0.2, 0) is 9.59 Å². The average molecular weight is 291 g/mol. The molecular weight excluding hydrogens is 266 g/mol. The Morgan fingerprint density at radius 2 is 1.86 bits per heavy atom.